The number of methoxy groups -OCH3 is 1. The molecule has 156 valence electrons. The lowest BCUT2D eigenvalue weighted by Crippen LogP contribution is -2.42. The molecule has 0 heterocycles. The second-order valence-corrected chi connectivity index (χ2v) is 6.65. The molecule has 1 rings (SSSR count). The van der Waals surface area contributed by atoms with Gasteiger partial charge >= 0.3 is 0 Å². The highest BCUT2D eigenvalue weighted by atomic mass is 127. The summed E-state index contributed by atoms with van der Waals surface area (Å²) in [7, 11) is 1.66. The Labute approximate surface area is 181 Å². The first-order valence-corrected chi connectivity index (χ1v) is 9.46. The van der Waals surface area contributed by atoms with E-state index in [9.17, 15) is 5.11 Å². The van der Waals surface area contributed by atoms with E-state index in [1.54, 1.807) is 7.11 Å². The van der Waals surface area contributed by atoms with Crippen LogP contribution >= 0.6 is 24.0 Å². The standard InChI is InChI=1S/C20H35N3O3.HI/c1-5-26-12-6-11-21-20(23-15-18(24)13-16(2)3)22-14-17-7-9-19(25-4)10-8-17;/h7-10,16,18,24H,5-6,11-15H2,1-4H3,(H2,21,22,23);1H. The normalized spacial score (nSPS) is 12.4. The Hall–Kier alpha value is -1.06. The maximum absolute atomic E-state index is 10.1. The van der Waals surface area contributed by atoms with Crippen molar-refractivity contribution in [3.8, 4) is 5.75 Å². The zero-order valence-corrected chi connectivity index (χ0v) is 19.4. The number of halogens is 1. The number of guanidine groups is 1. The predicted octanol–water partition coefficient (Wildman–Crippen LogP) is 3.18. The molecule has 0 fully saturated rings. The van der Waals surface area contributed by atoms with Gasteiger partial charge < -0.3 is 25.2 Å². The van der Waals surface area contributed by atoms with Gasteiger partial charge in [-0.1, -0.05) is 26.0 Å². The maximum atomic E-state index is 10.1. The van der Waals surface area contributed by atoms with Crippen LogP contribution in [0.4, 0.5) is 0 Å². The van der Waals surface area contributed by atoms with Gasteiger partial charge in [-0.2, -0.15) is 0 Å². The Morgan fingerprint density at radius 3 is 2.48 bits per heavy atom. The minimum Gasteiger partial charge on any atom is -0.497 e. The molecule has 1 atom stereocenters. The Bertz CT molecular complexity index is 510. The van der Waals surface area contributed by atoms with Crippen LogP contribution in [0.2, 0.25) is 0 Å². The molecule has 7 heteroatoms. The van der Waals surface area contributed by atoms with Crippen LogP contribution in [0, 0.1) is 5.92 Å². The van der Waals surface area contributed by atoms with Gasteiger partial charge in [0.15, 0.2) is 5.96 Å². The van der Waals surface area contributed by atoms with E-state index in [0.29, 0.717) is 25.0 Å². The van der Waals surface area contributed by atoms with Crippen molar-refractivity contribution < 1.29 is 14.6 Å². The van der Waals surface area contributed by atoms with Crippen LogP contribution in [-0.4, -0.2) is 50.6 Å². The van der Waals surface area contributed by atoms with Crippen molar-refractivity contribution in [1.82, 2.24) is 10.6 Å². The lowest BCUT2D eigenvalue weighted by molar-refractivity contribution is 0.145. The van der Waals surface area contributed by atoms with Crippen LogP contribution in [0.1, 0.15) is 39.2 Å². The second-order valence-electron chi connectivity index (χ2n) is 6.65. The Balaban J connectivity index is 0.00000676. The molecular formula is C20H36IN3O3. The monoisotopic (exact) mass is 493 g/mol. The molecule has 1 aromatic carbocycles. The molecule has 1 aromatic rings. The largest absolute Gasteiger partial charge is 0.497 e. The number of aliphatic hydroxyl groups is 1. The molecule has 0 amide bonds. The number of aliphatic hydroxyl groups excluding tert-OH is 1. The zero-order valence-electron chi connectivity index (χ0n) is 17.0. The molecule has 1 unspecified atom stereocenters. The molecular weight excluding hydrogens is 457 g/mol. The molecule has 0 saturated carbocycles. The van der Waals surface area contributed by atoms with Crippen molar-refractivity contribution in [2.45, 2.75) is 46.3 Å². The third-order valence-corrected chi connectivity index (χ3v) is 3.79. The summed E-state index contributed by atoms with van der Waals surface area (Å²) in [6.45, 7) is 9.48. The molecule has 6 nitrogen and oxygen atoms in total. The highest BCUT2D eigenvalue weighted by Crippen LogP contribution is 2.11. The summed E-state index contributed by atoms with van der Waals surface area (Å²) < 4.78 is 10.5. The number of nitrogens with one attached hydrogen (secondary N) is 2. The summed E-state index contributed by atoms with van der Waals surface area (Å²) in [6, 6.07) is 7.87. The average molecular weight is 493 g/mol. The predicted molar refractivity (Wildman–Crippen MR) is 122 cm³/mol. The van der Waals surface area contributed by atoms with Crippen molar-refractivity contribution >= 4 is 29.9 Å². The number of hydrogen-bond acceptors (Lipinski definition) is 4. The van der Waals surface area contributed by atoms with Gasteiger partial charge in [0.05, 0.1) is 19.8 Å². The number of ether oxygens (including phenoxy) is 2. The Kier molecular flexibility index (Phi) is 15.3. The van der Waals surface area contributed by atoms with Crippen LogP contribution in [0.25, 0.3) is 0 Å². The van der Waals surface area contributed by atoms with E-state index in [0.717, 1.165) is 43.9 Å². The molecule has 0 aromatic heterocycles. The minimum atomic E-state index is -0.383. The summed E-state index contributed by atoms with van der Waals surface area (Å²) in [6.07, 6.45) is 1.29. The summed E-state index contributed by atoms with van der Waals surface area (Å²) in [4.78, 5) is 4.62. The fraction of sp³-hybridized carbons (Fsp3) is 0.650. The summed E-state index contributed by atoms with van der Waals surface area (Å²) >= 11 is 0. The highest BCUT2D eigenvalue weighted by Gasteiger charge is 2.08. The van der Waals surface area contributed by atoms with E-state index in [4.69, 9.17) is 9.47 Å². The molecule has 0 bridgehead atoms. The minimum absolute atomic E-state index is 0. The van der Waals surface area contributed by atoms with Gasteiger partial charge in [-0.15, -0.1) is 24.0 Å². The van der Waals surface area contributed by atoms with Crippen molar-refractivity contribution in [1.29, 1.82) is 0 Å². The average Bonchev–Trinajstić information content (AvgIpc) is 2.63. The second kappa shape index (κ2) is 15.9. The quantitative estimate of drug-likeness (QED) is 0.181. The van der Waals surface area contributed by atoms with Gasteiger partial charge in [0, 0.05) is 26.3 Å². The third-order valence-electron chi connectivity index (χ3n) is 3.79. The van der Waals surface area contributed by atoms with Crippen molar-refractivity contribution in [3.63, 3.8) is 0 Å². The van der Waals surface area contributed by atoms with Gasteiger partial charge in [-0.3, -0.25) is 0 Å². The molecule has 0 aliphatic rings. The Morgan fingerprint density at radius 2 is 1.89 bits per heavy atom. The van der Waals surface area contributed by atoms with Gasteiger partial charge in [-0.25, -0.2) is 4.99 Å². The molecule has 0 spiro atoms. The van der Waals surface area contributed by atoms with E-state index < -0.39 is 0 Å². The van der Waals surface area contributed by atoms with Crippen LogP contribution in [-0.2, 0) is 11.3 Å². The number of rotatable bonds is 12. The molecule has 3 N–H and O–H groups in total. The van der Waals surface area contributed by atoms with Crippen LogP contribution in [0.3, 0.4) is 0 Å². The lowest BCUT2D eigenvalue weighted by atomic mass is 10.1. The smallest absolute Gasteiger partial charge is 0.191 e. The molecule has 0 saturated heterocycles. The maximum Gasteiger partial charge on any atom is 0.191 e. The number of benzene rings is 1. The van der Waals surface area contributed by atoms with E-state index in [1.165, 1.54) is 0 Å². The van der Waals surface area contributed by atoms with Gasteiger partial charge in [0.2, 0.25) is 0 Å². The van der Waals surface area contributed by atoms with Crippen molar-refractivity contribution in [2.75, 3.05) is 33.4 Å². The van der Waals surface area contributed by atoms with Crippen LogP contribution in [0.15, 0.2) is 29.3 Å². The Morgan fingerprint density at radius 1 is 1.19 bits per heavy atom. The van der Waals surface area contributed by atoms with E-state index in [1.807, 2.05) is 31.2 Å². The van der Waals surface area contributed by atoms with Crippen LogP contribution < -0.4 is 15.4 Å². The number of aliphatic imine (C=N–C) groups is 1. The molecule has 0 aliphatic carbocycles. The van der Waals surface area contributed by atoms with Crippen molar-refractivity contribution in [2.24, 2.45) is 10.9 Å². The first-order valence-electron chi connectivity index (χ1n) is 9.46. The SMILES string of the molecule is CCOCCCNC(=NCc1ccc(OC)cc1)NCC(O)CC(C)C.I. The fourth-order valence-corrected chi connectivity index (χ4v) is 2.44. The van der Waals surface area contributed by atoms with Gasteiger partial charge in [0.1, 0.15) is 5.75 Å². The number of nitrogens with zero attached hydrogens (tertiary/aromatic N) is 1. The summed E-state index contributed by atoms with van der Waals surface area (Å²) in [5, 5.41) is 16.6. The van der Waals surface area contributed by atoms with E-state index >= 15 is 0 Å². The topological polar surface area (TPSA) is 75.1 Å². The first kappa shape index (κ1) is 25.9. The van der Waals surface area contributed by atoms with Gasteiger partial charge in [0.25, 0.3) is 0 Å². The van der Waals surface area contributed by atoms with Crippen LogP contribution in [0.5, 0.6) is 5.75 Å². The lowest BCUT2D eigenvalue weighted by Gasteiger charge is -2.17. The fourth-order valence-electron chi connectivity index (χ4n) is 2.44. The number of hydrogen-bond donors (Lipinski definition) is 3. The van der Waals surface area contributed by atoms with E-state index in [-0.39, 0.29) is 30.1 Å². The zero-order chi connectivity index (χ0) is 19.2. The third kappa shape index (κ3) is 12.9. The van der Waals surface area contributed by atoms with Gasteiger partial charge in [-0.05, 0) is 43.4 Å². The highest BCUT2D eigenvalue weighted by molar-refractivity contribution is 14.0. The van der Waals surface area contributed by atoms with Crippen molar-refractivity contribution in [3.05, 3.63) is 29.8 Å². The first-order chi connectivity index (χ1) is 12.5. The van der Waals surface area contributed by atoms with E-state index in [2.05, 4.69) is 29.5 Å². The molecule has 0 aliphatic heterocycles. The summed E-state index contributed by atoms with van der Waals surface area (Å²) in [5.74, 6) is 2.01. The molecule has 27 heavy (non-hydrogen) atoms. The molecule has 0 radical (unpaired) electrons. The summed E-state index contributed by atoms with van der Waals surface area (Å²) in [5.41, 5.74) is 1.10.